The number of pyridine rings is 2. The molecule has 38 heavy (non-hydrogen) atoms. The predicted molar refractivity (Wildman–Crippen MR) is 146 cm³/mol. The van der Waals surface area contributed by atoms with Gasteiger partial charge in [-0.3, -0.25) is 10.1 Å². The molecule has 0 spiro atoms. The highest BCUT2D eigenvalue weighted by atomic mass is 19.1. The molecule has 7 rings (SSSR count). The molecule has 1 fully saturated rings. The highest BCUT2D eigenvalue weighted by molar-refractivity contribution is 6.00. The van der Waals surface area contributed by atoms with Gasteiger partial charge in [-0.1, -0.05) is 18.2 Å². The van der Waals surface area contributed by atoms with Crippen LogP contribution in [-0.4, -0.2) is 44.3 Å². The maximum absolute atomic E-state index is 13.9. The van der Waals surface area contributed by atoms with Crippen LogP contribution in [0.2, 0.25) is 0 Å². The quantitative estimate of drug-likeness (QED) is 0.264. The van der Waals surface area contributed by atoms with Crippen LogP contribution in [-0.2, 0) is 0 Å². The van der Waals surface area contributed by atoms with Gasteiger partial charge in [-0.2, -0.15) is 5.10 Å². The monoisotopic (exact) mass is 504 g/mol. The van der Waals surface area contributed by atoms with Crippen LogP contribution in [0.1, 0.15) is 12.8 Å². The third kappa shape index (κ3) is 4.18. The van der Waals surface area contributed by atoms with Gasteiger partial charge in [0, 0.05) is 28.7 Å². The highest BCUT2D eigenvalue weighted by Gasteiger charge is 2.17. The number of nitrogens with zero attached hydrogens (tertiary/aromatic N) is 3. The average molecular weight is 505 g/mol. The fraction of sp³-hybridized carbons (Fsp3) is 0.167. The Hall–Kier alpha value is -4.56. The zero-order chi connectivity index (χ0) is 25.5. The number of H-pyrrole nitrogens is 2. The van der Waals surface area contributed by atoms with E-state index in [4.69, 9.17) is 4.74 Å². The van der Waals surface area contributed by atoms with E-state index in [2.05, 4.69) is 42.6 Å². The van der Waals surface area contributed by atoms with Crippen LogP contribution in [0.15, 0.2) is 79.3 Å². The molecule has 188 valence electrons. The lowest BCUT2D eigenvalue weighted by Crippen LogP contribution is -2.34. The standard InChI is InChI=1S/C30H25FN6O/c31-21-3-1-2-19(12-21)24-8-11-34-30-25(24)15-28(35-30)29-26-14-18(4-5-27(26)36-37-29)20-13-23(17-33-16-20)38-22-6-9-32-10-7-22/h1-5,8,11-17,22,32H,6-7,9-10H2,(H,34,35)(H,36,37). The van der Waals surface area contributed by atoms with Crippen molar-refractivity contribution in [3.8, 4) is 39.4 Å². The summed E-state index contributed by atoms with van der Waals surface area (Å²) in [6.07, 6.45) is 7.57. The second-order valence-electron chi connectivity index (χ2n) is 9.62. The van der Waals surface area contributed by atoms with Gasteiger partial charge in [0.2, 0.25) is 0 Å². The molecule has 3 N–H and O–H groups in total. The third-order valence-electron chi connectivity index (χ3n) is 7.12. The average Bonchev–Trinajstić information content (AvgIpc) is 3.57. The van der Waals surface area contributed by atoms with Crippen molar-refractivity contribution in [1.82, 2.24) is 30.5 Å². The lowest BCUT2D eigenvalue weighted by atomic mass is 10.0. The van der Waals surface area contributed by atoms with E-state index < -0.39 is 0 Å². The van der Waals surface area contributed by atoms with Crippen molar-refractivity contribution in [1.29, 1.82) is 0 Å². The lowest BCUT2D eigenvalue weighted by molar-refractivity contribution is 0.162. The van der Waals surface area contributed by atoms with E-state index in [1.54, 1.807) is 18.5 Å². The van der Waals surface area contributed by atoms with E-state index in [9.17, 15) is 4.39 Å². The summed E-state index contributed by atoms with van der Waals surface area (Å²) in [5, 5.41) is 13.0. The first-order valence-electron chi connectivity index (χ1n) is 12.8. The number of aromatic nitrogens is 5. The summed E-state index contributed by atoms with van der Waals surface area (Å²) in [7, 11) is 0. The molecular formula is C30H25FN6O. The minimum absolute atomic E-state index is 0.212. The van der Waals surface area contributed by atoms with Gasteiger partial charge >= 0.3 is 0 Å². The third-order valence-corrected chi connectivity index (χ3v) is 7.12. The molecular weight excluding hydrogens is 479 g/mol. The van der Waals surface area contributed by atoms with Crippen LogP contribution < -0.4 is 10.1 Å². The summed E-state index contributed by atoms with van der Waals surface area (Å²) in [5.74, 6) is 0.516. The number of halogens is 1. The summed E-state index contributed by atoms with van der Waals surface area (Å²) in [6, 6.07) is 18.8. The normalized spacial score (nSPS) is 14.3. The summed E-state index contributed by atoms with van der Waals surface area (Å²) >= 11 is 0. The Morgan fingerprint density at radius 3 is 2.68 bits per heavy atom. The lowest BCUT2D eigenvalue weighted by Gasteiger charge is -2.23. The maximum atomic E-state index is 13.9. The largest absolute Gasteiger partial charge is 0.489 e. The molecule has 1 aliphatic heterocycles. The van der Waals surface area contributed by atoms with Gasteiger partial charge in [0.15, 0.2) is 0 Å². The van der Waals surface area contributed by atoms with Crippen LogP contribution in [0.3, 0.4) is 0 Å². The summed E-state index contributed by atoms with van der Waals surface area (Å²) in [4.78, 5) is 12.4. The molecule has 0 amide bonds. The minimum atomic E-state index is -0.270. The molecule has 0 atom stereocenters. The van der Waals surface area contributed by atoms with E-state index in [0.29, 0.717) is 0 Å². The summed E-state index contributed by atoms with van der Waals surface area (Å²) in [5.41, 5.74) is 7.00. The maximum Gasteiger partial charge on any atom is 0.138 e. The van der Waals surface area contributed by atoms with Crippen molar-refractivity contribution >= 4 is 21.9 Å². The number of hydrogen-bond acceptors (Lipinski definition) is 5. The number of fused-ring (bicyclic) bond motifs is 2. The second-order valence-corrected chi connectivity index (χ2v) is 9.62. The van der Waals surface area contributed by atoms with Gasteiger partial charge in [0.1, 0.15) is 29.0 Å². The topological polar surface area (TPSA) is 91.5 Å². The molecule has 7 nitrogen and oxygen atoms in total. The van der Waals surface area contributed by atoms with Crippen LogP contribution >= 0.6 is 0 Å². The van der Waals surface area contributed by atoms with Gasteiger partial charge in [-0.05, 0) is 85.1 Å². The highest BCUT2D eigenvalue weighted by Crippen LogP contribution is 2.35. The fourth-order valence-corrected chi connectivity index (χ4v) is 5.21. The molecule has 0 unspecified atom stereocenters. The number of benzene rings is 2. The van der Waals surface area contributed by atoms with Crippen molar-refractivity contribution < 1.29 is 9.13 Å². The van der Waals surface area contributed by atoms with E-state index in [1.165, 1.54) is 12.1 Å². The Morgan fingerprint density at radius 1 is 0.868 bits per heavy atom. The van der Waals surface area contributed by atoms with Crippen LogP contribution in [0, 0.1) is 5.82 Å². The smallest absolute Gasteiger partial charge is 0.138 e. The van der Waals surface area contributed by atoms with E-state index >= 15 is 0 Å². The molecule has 0 bridgehead atoms. The van der Waals surface area contributed by atoms with Crippen molar-refractivity contribution in [3.05, 3.63) is 85.1 Å². The number of hydrogen-bond donors (Lipinski definition) is 3. The molecule has 0 aliphatic carbocycles. The Morgan fingerprint density at radius 2 is 1.79 bits per heavy atom. The molecule has 0 radical (unpaired) electrons. The van der Waals surface area contributed by atoms with Crippen molar-refractivity contribution in [3.63, 3.8) is 0 Å². The van der Waals surface area contributed by atoms with Gasteiger partial charge in [-0.15, -0.1) is 0 Å². The zero-order valence-electron chi connectivity index (χ0n) is 20.5. The summed E-state index contributed by atoms with van der Waals surface area (Å²) in [6.45, 7) is 1.95. The molecule has 8 heteroatoms. The van der Waals surface area contributed by atoms with E-state index in [-0.39, 0.29) is 11.9 Å². The van der Waals surface area contributed by atoms with E-state index in [1.807, 2.05) is 36.5 Å². The molecule has 5 heterocycles. The first-order valence-corrected chi connectivity index (χ1v) is 12.8. The number of aromatic amines is 2. The molecule has 2 aromatic carbocycles. The molecule has 6 aromatic rings. The van der Waals surface area contributed by atoms with Crippen molar-refractivity contribution in [2.75, 3.05) is 13.1 Å². The van der Waals surface area contributed by atoms with E-state index in [0.717, 1.165) is 87.3 Å². The molecule has 1 saturated heterocycles. The first-order chi connectivity index (χ1) is 18.7. The molecule has 0 saturated carbocycles. The Labute approximate surface area is 218 Å². The van der Waals surface area contributed by atoms with Gasteiger partial charge in [0.25, 0.3) is 0 Å². The predicted octanol–water partition coefficient (Wildman–Crippen LogP) is 6.11. The number of ether oxygens (including phenoxy) is 1. The van der Waals surface area contributed by atoms with Crippen molar-refractivity contribution in [2.24, 2.45) is 0 Å². The number of piperidine rings is 1. The minimum Gasteiger partial charge on any atom is -0.489 e. The van der Waals surface area contributed by atoms with Gasteiger partial charge < -0.3 is 15.0 Å². The Kier molecular flexibility index (Phi) is 5.59. The fourth-order valence-electron chi connectivity index (χ4n) is 5.21. The SMILES string of the molecule is Fc1cccc(-c2ccnc3[nH]c(-c4n[nH]c5ccc(-c6cncc(OC7CCNCC7)c6)cc45)cc23)c1. The Bertz CT molecular complexity index is 1770. The van der Waals surface area contributed by atoms with Crippen LogP contribution in [0.4, 0.5) is 4.39 Å². The second kappa shape index (κ2) is 9.39. The molecule has 1 aliphatic rings. The zero-order valence-corrected chi connectivity index (χ0v) is 20.5. The van der Waals surface area contributed by atoms with Crippen molar-refractivity contribution in [2.45, 2.75) is 18.9 Å². The van der Waals surface area contributed by atoms with Gasteiger partial charge in [-0.25, -0.2) is 9.37 Å². The van der Waals surface area contributed by atoms with Crippen LogP contribution in [0.25, 0.3) is 55.6 Å². The van der Waals surface area contributed by atoms with Gasteiger partial charge in [0.05, 0.1) is 17.4 Å². The van der Waals surface area contributed by atoms with Crippen LogP contribution in [0.5, 0.6) is 5.75 Å². The number of rotatable bonds is 5. The molecule has 4 aromatic heterocycles. The first kappa shape index (κ1) is 22.6. The summed E-state index contributed by atoms with van der Waals surface area (Å²) < 4.78 is 20.1. The Balaban J connectivity index is 1.26. The number of nitrogens with one attached hydrogen (secondary N) is 3.